The molecule has 0 radical (unpaired) electrons. The van der Waals surface area contributed by atoms with Gasteiger partial charge >= 0.3 is 0 Å². The molecule has 0 spiro atoms. The quantitative estimate of drug-likeness (QED) is 0.516. The smallest absolute Gasteiger partial charge is 0.188 e. The first-order chi connectivity index (χ1) is 12.2. The van der Waals surface area contributed by atoms with Gasteiger partial charge in [-0.2, -0.15) is 5.26 Å². The highest BCUT2D eigenvalue weighted by molar-refractivity contribution is 7.95. The molecule has 0 aromatic heterocycles. The highest BCUT2D eigenvalue weighted by Gasteiger charge is 2.27. The molecule has 0 unspecified atom stereocenters. The molecular formula is C22H33NO3S. The van der Waals surface area contributed by atoms with Crippen molar-refractivity contribution in [3.8, 4) is 11.8 Å². The summed E-state index contributed by atoms with van der Waals surface area (Å²) in [4.78, 5) is -0.219. The molecule has 27 heavy (non-hydrogen) atoms. The Kier molecular flexibility index (Phi) is 7.30. The number of phenolic OH excluding ortho intramolecular Hbond substituents is 1. The van der Waals surface area contributed by atoms with Crippen molar-refractivity contribution in [3.05, 3.63) is 33.7 Å². The predicted octanol–water partition coefficient (Wildman–Crippen LogP) is 5.46. The van der Waals surface area contributed by atoms with Gasteiger partial charge in [-0.05, 0) is 41.0 Å². The van der Waals surface area contributed by atoms with Gasteiger partial charge in [-0.1, -0.05) is 61.3 Å². The van der Waals surface area contributed by atoms with E-state index in [0.29, 0.717) is 12.0 Å². The first-order valence-electron chi connectivity index (χ1n) is 9.46. The number of nitriles is 1. The molecule has 0 aliphatic heterocycles. The maximum Gasteiger partial charge on any atom is 0.188 e. The third-order valence-electron chi connectivity index (χ3n) is 4.51. The largest absolute Gasteiger partial charge is 0.507 e. The van der Waals surface area contributed by atoms with Crippen LogP contribution in [0.3, 0.4) is 0 Å². The molecule has 0 amide bonds. The third-order valence-corrected chi connectivity index (χ3v) is 6.21. The highest BCUT2D eigenvalue weighted by Crippen LogP contribution is 2.40. The van der Waals surface area contributed by atoms with Crippen molar-refractivity contribution in [2.45, 2.75) is 78.6 Å². The molecule has 0 saturated heterocycles. The minimum atomic E-state index is -3.61. The topological polar surface area (TPSA) is 78.2 Å². The van der Waals surface area contributed by atoms with Crippen LogP contribution in [0.1, 0.15) is 84.4 Å². The van der Waals surface area contributed by atoms with Crippen LogP contribution in [-0.4, -0.2) is 19.3 Å². The first-order valence-corrected chi connectivity index (χ1v) is 11.1. The Balaban J connectivity index is 3.57. The molecule has 0 aliphatic carbocycles. The molecule has 150 valence electrons. The minimum Gasteiger partial charge on any atom is -0.507 e. The van der Waals surface area contributed by atoms with Crippen LogP contribution in [0.5, 0.6) is 5.75 Å². The molecule has 5 heteroatoms. The van der Waals surface area contributed by atoms with Crippen molar-refractivity contribution in [2.24, 2.45) is 0 Å². The second kappa shape index (κ2) is 8.48. The Morgan fingerprint density at radius 1 is 1.07 bits per heavy atom. The summed E-state index contributed by atoms with van der Waals surface area (Å²) in [6, 6.07) is 5.42. The molecule has 0 atom stereocenters. The number of hydrogen-bond donors (Lipinski definition) is 1. The number of rotatable bonds is 6. The number of sulfone groups is 1. The van der Waals surface area contributed by atoms with Crippen LogP contribution in [0.15, 0.2) is 17.0 Å². The zero-order chi connectivity index (χ0) is 21.0. The number of benzene rings is 1. The van der Waals surface area contributed by atoms with E-state index in [1.54, 1.807) is 12.1 Å². The molecular weight excluding hydrogens is 358 g/mol. The van der Waals surface area contributed by atoms with Gasteiger partial charge in [0.25, 0.3) is 0 Å². The Hall–Kier alpha value is -1.80. The normalized spacial score (nSPS) is 13.5. The number of phenols is 1. The molecule has 1 aromatic rings. The number of aromatic hydroxyl groups is 1. The zero-order valence-corrected chi connectivity index (χ0v) is 18.5. The summed E-state index contributed by atoms with van der Waals surface area (Å²) in [5.41, 5.74) is 1.46. The van der Waals surface area contributed by atoms with E-state index in [-0.39, 0.29) is 27.2 Å². The average molecular weight is 392 g/mol. The molecule has 0 heterocycles. The molecule has 0 bridgehead atoms. The number of hydrogen-bond acceptors (Lipinski definition) is 4. The fourth-order valence-electron chi connectivity index (χ4n) is 2.88. The molecule has 0 fully saturated rings. The van der Waals surface area contributed by atoms with Crippen molar-refractivity contribution in [1.82, 2.24) is 0 Å². The van der Waals surface area contributed by atoms with Crippen molar-refractivity contribution in [1.29, 1.82) is 5.26 Å². The summed E-state index contributed by atoms with van der Waals surface area (Å²) in [6.45, 7) is 14.0. The first kappa shape index (κ1) is 23.2. The number of allylic oxidation sites excluding steroid dienone is 1. The fourth-order valence-corrected chi connectivity index (χ4v) is 4.14. The van der Waals surface area contributed by atoms with Crippen LogP contribution in [0, 0.1) is 11.3 Å². The van der Waals surface area contributed by atoms with E-state index in [9.17, 15) is 18.8 Å². The van der Waals surface area contributed by atoms with Gasteiger partial charge in [0.1, 0.15) is 16.7 Å². The summed E-state index contributed by atoms with van der Waals surface area (Å²) in [5, 5.41) is 20.2. The van der Waals surface area contributed by atoms with E-state index >= 15 is 0 Å². The second-order valence-electron chi connectivity index (χ2n) is 9.11. The number of nitrogens with zero attached hydrogens (tertiary/aromatic N) is 1. The van der Waals surface area contributed by atoms with E-state index in [1.165, 1.54) is 6.08 Å². The Labute approximate surface area is 164 Å². The van der Waals surface area contributed by atoms with Gasteiger partial charge in [-0.3, -0.25) is 0 Å². The van der Waals surface area contributed by atoms with Crippen molar-refractivity contribution >= 4 is 15.9 Å². The standard InChI is InChI=1S/C22H33NO3S/c1-8-9-10-11-27(25,26)17(15-23)12-16-13-18(21(2,3)4)20(24)19(14-16)22(5,6)7/h12-14,24H,8-11H2,1-7H3/b17-12+. The van der Waals surface area contributed by atoms with Gasteiger partial charge < -0.3 is 5.11 Å². The molecule has 4 nitrogen and oxygen atoms in total. The van der Waals surface area contributed by atoms with Crippen LogP contribution < -0.4 is 0 Å². The molecule has 0 aliphatic rings. The lowest BCUT2D eigenvalue weighted by molar-refractivity contribution is 0.423. The van der Waals surface area contributed by atoms with Gasteiger partial charge in [-0.15, -0.1) is 0 Å². The monoisotopic (exact) mass is 391 g/mol. The fraction of sp³-hybridized carbons (Fsp3) is 0.591. The minimum absolute atomic E-state index is 0.0173. The van der Waals surface area contributed by atoms with Crippen LogP contribution in [0.25, 0.3) is 6.08 Å². The summed E-state index contributed by atoms with van der Waals surface area (Å²) >= 11 is 0. The third kappa shape index (κ3) is 6.10. The average Bonchev–Trinajstić information content (AvgIpc) is 2.51. The lowest BCUT2D eigenvalue weighted by Gasteiger charge is -2.28. The summed E-state index contributed by atoms with van der Waals surface area (Å²) in [5.74, 6) is 0.216. The Morgan fingerprint density at radius 3 is 1.93 bits per heavy atom. The maximum atomic E-state index is 12.5. The van der Waals surface area contributed by atoms with Crippen LogP contribution in [0.4, 0.5) is 0 Å². The van der Waals surface area contributed by atoms with E-state index in [1.807, 2.05) is 54.5 Å². The van der Waals surface area contributed by atoms with E-state index in [0.717, 1.165) is 24.0 Å². The highest BCUT2D eigenvalue weighted by atomic mass is 32.2. The van der Waals surface area contributed by atoms with Crippen LogP contribution in [0.2, 0.25) is 0 Å². The summed E-state index contributed by atoms with van der Waals surface area (Å²) in [6.07, 6.45) is 3.72. The van der Waals surface area contributed by atoms with Crippen molar-refractivity contribution < 1.29 is 13.5 Å². The van der Waals surface area contributed by atoms with E-state index < -0.39 is 9.84 Å². The maximum absolute atomic E-state index is 12.5. The molecule has 1 aromatic carbocycles. The van der Waals surface area contributed by atoms with Crippen molar-refractivity contribution in [2.75, 3.05) is 5.75 Å². The van der Waals surface area contributed by atoms with Gasteiger partial charge in [0.2, 0.25) is 0 Å². The van der Waals surface area contributed by atoms with Gasteiger partial charge in [-0.25, -0.2) is 8.42 Å². The Bertz CT molecular complexity index is 810. The second-order valence-corrected chi connectivity index (χ2v) is 11.2. The molecule has 1 rings (SSSR count). The van der Waals surface area contributed by atoms with Gasteiger partial charge in [0, 0.05) is 11.1 Å². The van der Waals surface area contributed by atoms with Crippen LogP contribution in [-0.2, 0) is 20.7 Å². The summed E-state index contributed by atoms with van der Waals surface area (Å²) in [7, 11) is -3.61. The van der Waals surface area contributed by atoms with Crippen LogP contribution >= 0.6 is 0 Å². The predicted molar refractivity (Wildman–Crippen MR) is 112 cm³/mol. The van der Waals surface area contributed by atoms with Gasteiger partial charge in [0.05, 0.1) is 5.75 Å². The lowest BCUT2D eigenvalue weighted by Crippen LogP contribution is -2.17. The van der Waals surface area contributed by atoms with E-state index in [2.05, 4.69) is 0 Å². The molecule has 0 saturated carbocycles. The number of unbranched alkanes of at least 4 members (excludes halogenated alkanes) is 2. The van der Waals surface area contributed by atoms with Gasteiger partial charge in [0.15, 0.2) is 9.84 Å². The summed E-state index contributed by atoms with van der Waals surface area (Å²) < 4.78 is 25.1. The lowest BCUT2D eigenvalue weighted by atomic mass is 9.78. The van der Waals surface area contributed by atoms with Crippen molar-refractivity contribution in [3.63, 3.8) is 0 Å². The van der Waals surface area contributed by atoms with E-state index in [4.69, 9.17) is 0 Å². The molecule has 1 N–H and O–H groups in total. The zero-order valence-electron chi connectivity index (χ0n) is 17.7. The SMILES string of the molecule is CCCCCS(=O)(=O)/C(C#N)=C/c1cc(C(C)(C)C)c(O)c(C(C)(C)C)c1. The Morgan fingerprint density at radius 2 is 1.56 bits per heavy atom.